The number of hydrogen-bond donors (Lipinski definition) is 1. The van der Waals surface area contributed by atoms with E-state index in [0.717, 1.165) is 22.2 Å². The number of nitrogens with zero attached hydrogens (tertiary/aromatic N) is 1. The number of para-hydroxylation sites is 1. The third-order valence-corrected chi connectivity index (χ3v) is 6.29. The van der Waals surface area contributed by atoms with Crippen LogP contribution in [0.1, 0.15) is 11.1 Å². The minimum absolute atomic E-state index is 0.232. The SMILES string of the molecule is O=C(CN1C(=O)S/C(=C\c2cccc(OCc3ccc(Cl)cc3Cl)c2)C1=O)Nc1ccccc1. The van der Waals surface area contributed by atoms with Crippen molar-refractivity contribution in [3.63, 3.8) is 0 Å². The van der Waals surface area contributed by atoms with Crippen LogP contribution in [0.3, 0.4) is 0 Å². The molecule has 1 heterocycles. The summed E-state index contributed by atoms with van der Waals surface area (Å²) in [4.78, 5) is 38.5. The average molecular weight is 513 g/mol. The number of carbonyl (C=O) groups excluding carboxylic acids is 3. The fourth-order valence-electron chi connectivity index (χ4n) is 3.15. The topological polar surface area (TPSA) is 75.7 Å². The molecule has 0 bridgehead atoms. The Morgan fingerprint density at radius 1 is 1.00 bits per heavy atom. The summed E-state index contributed by atoms with van der Waals surface area (Å²) in [5.41, 5.74) is 2.05. The maximum absolute atomic E-state index is 12.7. The highest BCUT2D eigenvalue weighted by atomic mass is 35.5. The summed E-state index contributed by atoms with van der Waals surface area (Å²) >= 11 is 12.9. The van der Waals surface area contributed by atoms with Crippen molar-refractivity contribution in [1.29, 1.82) is 0 Å². The third kappa shape index (κ3) is 5.99. The molecule has 1 N–H and O–H groups in total. The first-order valence-corrected chi connectivity index (χ1v) is 11.7. The summed E-state index contributed by atoms with van der Waals surface area (Å²) < 4.78 is 5.82. The molecule has 0 spiro atoms. The van der Waals surface area contributed by atoms with Gasteiger partial charge in [0.2, 0.25) is 5.91 Å². The number of benzene rings is 3. The number of ether oxygens (including phenoxy) is 1. The maximum atomic E-state index is 12.7. The molecule has 1 fully saturated rings. The van der Waals surface area contributed by atoms with Gasteiger partial charge in [0.1, 0.15) is 18.9 Å². The summed E-state index contributed by atoms with van der Waals surface area (Å²) in [5, 5.41) is 3.23. The van der Waals surface area contributed by atoms with Crippen molar-refractivity contribution in [3.05, 3.63) is 98.9 Å². The van der Waals surface area contributed by atoms with Crippen molar-refractivity contribution >= 4 is 63.8 Å². The number of carbonyl (C=O) groups is 3. The lowest BCUT2D eigenvalue weighted by Crippen LogP contribution is -2.36. The zero-order chi connectivity index (χ0) is 24.1. The van der Waals surface area contributed by atoms with Crippen LogP contribution in [0.25, 0.3) is 6.08 Å². The normalized spacial score (nSPS) is 14.5. The molecule has 3 aromatic carbocycles. The van der Waals surface area contributed by atoms with Crippen molar-refractivity contribution in [2.75, 3.05) is 11.9 Å². The Morgan fingerprint density at radius 2 is 1.79 bits per heavy atom. The van der Waals surface area contributed by atoms with Crippen molar-refractivity contribution < 1.29 is 19.1 Å². The fourth-order valence-corrected chi connectivity index (χ4v) is 4.45. The standard InChI is InChI=1S/C25H18Cl2N2O4S/c26-18-10-9-17(21(27)13-18)15-33-20-8-4-5-16(11-20)12-22-24(31)29(25(32)34-22)14-23(30)28-19-6-2-1-3-7-19/h1-13H,14-15H2,(H,28,30)/b22-12-. The first-order chi connectivity index (χ1) is 16.4. The van der Waals surface area contributed by atoms with Crippen LogP contribution in [0.5, 0.6) is 5.75 Å². The molecule has 172 valence electrons. The number of halogens is 2. The van der Waals surface area contributed by atoms with Crippen LogP contribution < -0.4 is 10.1 Å². The second kappa shape index (κ2) is 10.8. The van der Waals surface area contributed by atoms with Gasteiger partial charge in [-0.1, -0.05) is 59.6 Å². The van der Waals surface area contributed by atoms with Gasteiger partial charge in [-0.2, -0.15) is 0 Å². The van der Waals surface area contributed by atoms with Gasteiger partial charge in [-0.15, -0.1) is 0 Å². The lowest BCUT2D eigenvalue weighted by Gasteiger charge is -2.12. The van der Waals surface area contributed by atoms with Gasteiger partial charge in [0.05, 0.1) is 4.91 Å². The molecular formula is C25H18Cl2N2O4S. The molecule has 1 aliphatic heterocycles. The molecule has 3 aromatic rings. The monoisotopic (exact) mass is 512 g/mol. The molecule has 0 unspecified atom stereocenters. The summed E-state index contributed by atoms with van der Waals surface area (Å²) in [6.07, 6.45) is 1.60. The van der Waals surface area contributed by atoms with E-state index in [4.69, 9.17) is 27.9 Å². The van der Waals surface area contributed by atoms with E-state index in [1.807, 2.05) is 6.07 Å². The Hall–Kier alpha value is -3.26. The van der Waals surface area contributed by atoms with Crippen LogP contribution in [0.4, 0.5) is 10.5 Å². The van der Waals surface area contributed by atoms with Gasteiger partial charge in [-0.3, -0.25) is 19.3 Å². The summed E-state index contributed by atoms with van der Waals surface area (Å²) in [5.74, 6) is -0.398. The van der Waals surface area contributed by atoms with Crippen molar-refractivity contribution in [2.24, 2.45) is 0 Å². The zero-order valence-corrected chi connectivity index (χ0v) is 20.0. The van der Waals surface area contributed by atoms with Gasteiger partial charge >= 0.3 is 0 Å². The highest BCUT2D eigenvalue weighted by molar-refractivity contribution is 8.18. The van der Waals surface area contributed by atoms with E-state index in [0.29, 0.717) is 27.0 Å². The van der Waals surface area contributed by atoms with E-state index in [1.54, 1.807) is 72.8 Å². The molecular weight excluding hydrogens is 495 g/mol. The Kier molecular flexibility index (Phi) is 7.57. The van der Waals surface area contributed by atoms with Crippen LogP contribution in [-0.2, 0) is 16.2 Å². The number of nitrogens with one attached hydrogen (secondary N) is 1. The lowest BCUT2D eigenvalue weighted by molar-refractivity contribution is -0.127. The van der Waals surface area contributed by atoms with Crippen LogP contribution in [0.2, 0.25) is 10.0 Å². The highest BCUT2D eigenvalue weighted by Crippen LogP contribution is 2.32. The molecule has 1 aliphatic rings. The van der Waals surface area contributed by atoms with Gasteiger partial charge in [0.25, 0.3) is 11.1 Å². The quantitative estimate of drug-likeness (QED) is 0.378. The second-order valence-electron chi connectivity index (χ2n) is 7.28. The Labute approximate surface area is 210 Å². The average Bonchev–Trinajstić information content (AvgIpc) is 3.06. The van der Waals surface area contributed by atoms with Crippen molar-refractivity contribution in [3.8, 4) is 5.75 Å². The van der Waals surface area contributed by atoms with Crippen LogP contribution in [-0.4, -0.2) is 28.5 Å². The fraction of sp³-hybridized carbons (Fsp3) is 0.0800. The molecule has 0 aromatic heterocycles. The van der Waals surface area contributed by atoms with E-state index in [9.17, 15) is 14.4 Å². The molecule has 4 rings (SSSR count). The Bertz CT molecular complexity index is 1280. The second-order valence-corrected chi connectivity index (χ2v) is 9.12. The van der Waals surface area contributed by atoms with Gasteiger partial charge in [-0.05, 0) is 59.8 Å². The minimum Gasteiger partial charge on any atom is -0.489 e. The van der Waals surface area contributed by atoms with Gasteiger partial charge in [0.15, 0.2) is 0 Å². The van der Waals surface area contributed by atoms with E-state index < -0.39 is 17.1 Å². The smallest absolute Gasteiger partial charge is 0.294 e. The van der Waals surface area contributed by atoms with Crippen LogP contribution in [0, 0.1) is 0 Å². The molecule has 1 saturated heterocycles. The van der Waals surface area contributed by atoms with Gasteiger partial charge < -0.3 is 10.1 Å². The summed E-state index contributed by atoms with van der Waals surface area (Å²) in [7, 11) is 0. The third-order valence-electron chi connectivity index (χ3n) is 4.80. The zero-order valence-electron chi connectivity index (χ0n) is 17.7. The minimum atomic E-state index is -0.516. The van der Waals surface area contributed by atoms with Crippen molar-refractivity contribution in [2.45, 2.75) is 6.61 Å². The summed E-state index contributed by atoms with van der Waals surface area (Å²) in [6, 6.07) is 21.1. The first-order valence-electron chi connectivity index (χ1n) is 10.2. The van der Waals surface area contributed by atoms with Crippen LogP contribution in [0.15, 0.2) is 77.7 Å². The molecule has 34 heavy (non-hydrogen) atoms. The van der Waals surface area contributed by atoms with E-state index >= 15 is 0 Å². The number of rotatable bonds is 7. The summed E-state index contributed by atoms with van der Waals surface area (Å²) in [6.45, 7) is -0.117. The van der Waals surface area contributed by atoms with E-state index in [1.165, 1.54) is 0 Å². The number of anilines is 1. The van der Waals surface area contributed by atoms with E-state index in [-0.39, 0.29) is 18.1 Å². The molecule has 6 nitrogen and oxygen atoms in total. The molecule has 0 saturated carbocycles. The number of amides is 3. The first kappa shape index (κ1) is 23.9. The van der Waals surface area contributed by atoms with E-state index in [2.05, 4.69) is 5.32 Å². The number of imide groups is 1. The maximum Gasteiger partial charge on any atom is 0.294 e. The van der Waals surface area contributed by atoms with Crippen molar-refractivity contribution in [1.82, 2.24) is 4.90 Å². The predicted molar refractivity (Wildman–Crippen MR) is 135 cm³/mol. The Morgan fingerprint density at radius 3 is 2.56 bits per heavy atom. The Balaban J connectivity index is 1.41. The van der Waals surface area contributed by atoms with Gasteiger partial charge in [-0.25, -0.2) is 0 Å². The number of hydrogen-bond acceptors (Lipinski definition) is 5. The molecule has 0 atom stereocenters. The molecule has 0 aliphatic carbocycles. The van der Waals surface area contributed by atoms with Gasteiger partial charge in [0, 0.05) is 21.3 Å². The molecule has 3 amide bonds. The van der Waals surface area contributed by atoms with Crippen LogP contribution >= 0.6 is 35.0 Å². The number of thioether (sulfide) groups is 1. The largest absolute Gasteiger partial charge is 0.489 e. The molecule has 0 radical (unpaired) electrons. The predicted octanol–water partition coefficient (Wildman–Crippen LogP) is 6.25. The lowest BCUT2D eigenvalue weighted by atomic mass is 10.2. The molecule has 9 heteroatoms. The highest BCUT2D eigenvalue weighted by Gasteiger charge is 2.36.